The van der Waals surface area contributed by atoms with Crippen molar-refractivity contribution < 1.29 is 17.9 Å². The van der Waals surface area contributed by atoms with Gasteiger partial charge in [-0.15, -0.1) is 0 Å². The number of nitriles is 3. The van der Waals surface area contributed by atoms with Crippen LogP contribution in [0.2, 0.25) is 0 Å². The maximum Gasteiger partial charge on any atom is 0.434 e. The molecule has 0 aliphatic carbocycles. The van der Waals surface area contributed by atoms with Crippen molar-refractivity contribution in [1.82, 2.24) is 0 Å². The Morgan fingerprint density at radius 3 is 1.36 bits per heavy atom. The fourth-order valence-corrected chi connectivity index (χ4v) is 1.31. The molecule has 0 aliphatic rings. The summed E-state index contributed by atoms with van der Waals surface area (Å²) in [6.45, 7) is 0. The van der Waals surface area contributed by atoms with Gasteiger partial charge in [-0.05, 0) is 0 Å². The molecule has 14 heavy (non-hydrogen) atoms. The molecule has 0 heterocycles. The molecule has 0 spiro atoms. The molecule has 0 saturated carbocycles. The molecule has 0 rings (SSSR count). The first kappa shape index (κ1) is 12.8. The second-order valence-electron chi connectivity index (χ2n) is 1.74. The van der Waals surface area contributed by atoms with Crippen molar-refractivity contribution in [1.29, 1.82) is 15.8 Å². The summed E-state index contributed by atoms with van der Waals surface area (Å²) in [5.74, 6) is 4.67. The highest BCUT2D eigenvalue weighted by Crippen LogP contribution is 2.47. The van der Waals surface area contributed by atoms with Crippen molar-refractivity contribution in [2.24, 2.45) is 0 Å². The van der Waals surface area contributed by atoms with Gasteiger partial charge >= 0.3 is 30.3 Å². The fraction of sp³-hybridized carbons (Fsp3) is 0. The first-order valence-corrected chi connectivity index (χ1v) is 4.79. The molecule has 0 saturated heterocycles. The lowest BCUT2D eigenvalue weighted by Gasteiger charge is -2.13. The van der Waals surface area contributed by atoms with Crippen LogP contribution in [-0.2, 0) is 17.9 Å². The number of hydrogen-bond donors (Lipinski definition) is 0. The van der Waals surface area contributed by atoms with Gasteiger partial charge in [0.1, 0.15) is 0 Å². The third-order valence-corrected chi connectivity index (χ3v) is 2.20. The second kappa shape index (κ2) is 7.20. The van der Waals surface area contributed by atoms with Gasteiger partial charge in [-0.25, -0.2) is 20.4 Å². The van der Waals surface area contributed by atoms with E-state index in [1.807, 2.05) is 0 Å². The molecule has 0 aromatic rings. The van der Waals surface area contributed by atoms with Crippen molar-refractivity contribution in [3.8, 4) is 17.9 Å². The van der Waals surface area contributed by atoms with Crippen LogP contribution in [0.3, 0.4) is 0 Å². The summed E-state index contributed by atoms with van der Waals surface area (Å²) in [4.78, 5) is 0. The van der Waals surface area contributed by atoms with Gasteiger partial charge < -0.3 is 13.3 Å². The van der Waals surface area contributed by atoms with Crippen molar-refractivity contribution in [3.05, 3.63) is 0 Å². The molecule has 0 aliphatic heterocycles. The van der Waals surface area contributed by atoms with E-state index in [-0.39, 0.29) is 0 Å². The molecule has 68 valence electrons. The molecule has 0 atom stereocenters. The summed E-state index contributed by atoms with van der Waals surface area (Å²) in [6, 6.07) is 0. The lowest BCUT2D eigenvalue weighted by Crippen LogP contribution is -2.06. The molecule has 0 bridgehead atoms. The summed E-state index contributed by atoms with van der Waals surface area (Å²) < 4.78 is 24.7. The molecule has 0 aromatic heterocycles. The van der Waals surface area contributed by atoms with Gasteiger partial charge in [0.05, 0.1) is 0 Å². The molecule has 0 unspecified atom stereocenters. The monoisotopic (exact) mass is 209 g/mol. The van der Waals surface area contributed by atoms with E-state index in [0.717, 1.165) is 0 Å². The highest BCUT2D eigenvalue weighted by atomic mass is 31.2. The molecular weight excluding hydrogens is 205 g/mol. The van der Waals surface area contributed by atoms with E-state index in [4.69, 9.17) is 15.8 Å². The van der Waals surface area contributed by atoms with Crippen LogP contribution in [0.15, 0.2) is 0 Å². The lowest BCUT2D eigenvalue weighted by molar-refractivity contribution is 0.320. The predicted octanol–water partition coefficient (Wildman–Crippen LogP) is -1.36. The SMILES string of the molecule is N#CBOP(=O)(OBC#N)OBC#N. The minimum atomic E-state index is -3.94. The largest absolute Gasteiger partial charge is 0.434 e. The van der Waals surface area contributed by atoms with Crippen molar-refractivity contribution in [3.63, 3.8) is 0 Å². The van der Waals surface area contributed by atoms with E-state index in [2.05, 4.69) is 13.3 Å². The zero-order valence-electron chi connectivity index (χ0n) is 7.04. The van der Waals surface area contributed by atoms with Gasteiger partial charge in [0.25, 0.3) is 0 Å². The van der Waals surface area contributed by atoms with Gasteiger partial charge in [0.15, 0.2) is 0 Å². The Bertz CT molecular complexity index is 290. The Hall–Kier alpha value is -1.23. The summed E-state index contributed by atoms with van der Waals surface area (Å²) >= 11 is 0. The van der Waals surface area contributed by atoms with Gasteiger partial charge in [-0.1, -0.05) is 0 Å². The standard InChI is InChI=1S/C3H3B3N3O4P/c7-1-4-11-14(10,12-5-2-8)13-6-3-9/h4-6H. The highest BCUT2D eigenvalue weighted by Gasteiger charge is 2.26. The first-order valence-electron chi connectivity index (χ1n) is 3.33. The van der Waals surface area contributed by atoms with E-state index in [1.54, 1.807) is 17.9 Å². The molecular formula is C3H3B3N3O4P. The average Bonchev–Trinajstić information content (AvgIpc) is 2.21. The van der Waals surface area contributed by atoms with Crippen molar-refractivity contribution >= 4 is 30.3 Å². The number of phosphoric acid groups is 1. The normalized spacial score (nSPS) is 8.93. The van der Waals surface area contributed by atoms with Crippen LogP contribution in [-0.4, -0.2) is 22.4 Å². The van der Waals surface area contributed by atoms with Crippen LogP contribution in [0.25, 0.3) is 0 Å². The molecule has 7 nitrogen and oxygen atoms in total. The smallest absolute Gasteiger partial charge is 0.337 e. The van der Waals surface area contributed by atoms with Crippen LogP contribution in [0.1, 0.15) is 0 Å². The van der Waals surface area contributed by atoms with Gasteiger partial charge in [-0.3, -0.25) is 0 Å². The lowest BCUT2D eigenvalue weighted by atomic mass is 10.1. The highest BCUT2D eigenvalue weighted by molar-refractivity contribution is 7.52. The van der Waals surface area contributed by atoms with Crippen LogP contribution in [0.5, 0.6) is 0 Å². The summed E-state index contributed by atoms with van der Waals surface area (Å²) in [6.07, 6.45) is 0. The molecule has 0 amide bonds. The Kier molecular flexibility index (Phi) is 6.57. The number of hydrogen-bond acceptors (Lipinski definition) is 7. The third kappa shape index (κ3) is 5.43. The summed E-state index contributed by atoms with van der Waals surface area (Å²) in [5, 5.41) is 24.4. The van der Waals surface area contributed by atoms with Crippen molar-refractivity contribution in [2.75, 3.05) is 0 Å². The second-order valence-corrected chi connectivity index (χ2v) is 3.41. The summed E-state index contributed by atoms with van der Waals surface area (Å²) in [7, 11) is -5.45. The van der Waals surface area contributed by atoms with E-state index in [1.165, 1.54) is 0 Å². The maximum atomic E-state index is 11.4. The predicted molar refractivity (Wildman–Crippen MR) is 49.1 cm³/mol. The van der Waals surface area contributed by atoms with Gasteiger partial charge in [-0.2, -0.15) is 0 Å². The van der Waals surface area contributed by atoms with Crippen LogP contribution in [0, 0.1) is 33.7 Å². The third-order valence-electron chi connectivity index (χ3n) is 0.862. The topological polar surface area (TPSA) is 116 Å². The summed E-state index contributed by atoms with van der Waals surface area (Å²) in [5.41, 5.74) is 0. The molecule has 0 N–H and O–H groups in total. The molecule has 0 aromatic carbocycles. The van der Waals surface area contributed by atoms with E-state index >= 15 is 0 Å². The van der Waals surface area contributed by atoms with Crippen molar-refractivity contribution in [2.45, 2.75) is 0 Å². The maximum absolute atomic E-state index is 11.4. The zero-order valence-corrected chi connectivity index (χ0v) is 7.94. The molecule has 0 fully saturated rings. The Morgan fingerprint density at radius 1 is 0.857 bits per heavy atom. The Morgan fingerprint density at radius 2 is 1.14 bits per heavy atom. The number of nitrogens with zero attached hydrogens (tertiary/aromatic N) is 3. The Labute approximate surface area is 82.6 Å². The zero-order chi connectivity index (χ0) is 10.9. The first-order chi connectivity index (χ1) is 6.68. The minimum absolute atomic E-state index is 0.506. The van der Waals surface area contributed by atoms with Crippen LogP contribution in [0.4, 0.5) is 0 Å². The van der Waals surface area contributed by atoms with Gasteiger partial charge in [0, 0.05) is 17.9 Å². The molecule has 11 heteroatoms. The van der Waals surface area contributed by atoms with Crippen LogP contribution >= 0.6 is 7.82 Å². The molecule has 0 radical (unpaired) electrons. The minimum Gasteiger partial charge on any atom is -0.337 e. The van der Waals surface area contributed by atoms with Gasteiger partial charge in [0.2, 0.25) is 0 Å². The van der Waals surface area contributed by atoms with Crippen LogP contribution < -0.4 is 0 Å². The fourth-order valence-electron chi connectivity index (χ4n) is 0.436. The van der Waals surface area contributed by atoms with E-state index in [9.17, 15) is 4.57 Å². The van der Waals surface area contributed by atoms with E-state index < -0.39 is 30.3 Å². The quantitative estimate of drug-likeness (QED) is 0.391. The average molecular weight is 208 g/mol. The number of rotatable bonds is 6. The van der Waals surface area contributed by atoms with E-state index in [0.29, 0.717) is 0 Å². The Balaban J connectivity index is 4.22.